The molecule has 0 bridgehead atoms. The molecule has 0 spiro atoms. The Balaban J connectivity index is 0.00000208. The van der Waals surface area contributed by atoms with Crippen LogP contribution in [0, 0.1) is 13.8 Å². The topological polar surface area (TPSA) is 64.2 Å². The number of carbonyl (C=O) groups excluding carboxylic acids is 1. The third-order valence-corrected chi connectivity index (χ3v) is 4.52. The molecule has 130 valence electrons. The van der Waals surface area contributed by atoms with Crippen LogP contribution in [0.2, 0.25) is 0 Å². The largest absolute Gasteiger partial charge is 0.334 e. The first-order chi connectivity index (χ1) is 11.1. The highest BCUT2D eigenvalue weighted by Crippen LogP contribution is 2.20. The molecule has 3 rings (SSSR count). The number of hydrogen-bond donors (Lipinski definition) is 1. The second-order valence-corrected chi connectivity index (χ2v) is 6.32. The van der Waals surface area contributed by atoms with Crippen molar-refractivity contribution in [2.45, 2.75) is 39.3 Å². The fourth-order valence-corrected chi connectivity index (χ4v) is 3.32. The fraction of sp³-hybridized carbons (Fsp3) is 0.444. The summed E-state index contributed by atoms with van der Waals surface area (Å²) in [6, 6.07) is 10.1. The maximum atomic E-state index is 12.7. The van der Waals surface area contributed by atoms with Crippen LogP contribution in [0.4, 0.5) is 0 Å². The third-order valence-electron chi connectivity index (χ3n) is 4.52. The van der Waals surface area contributed by atoms with Crippen molar-refractivity contribution in [1.29, 1.82) is 0 Å². The fourth-order valence-electron chi connectivity index (χ4n) is 3.32. The van der Waals surface area contributed by atoms with E-state index in [1.807, 2.05) is 47.7 Å². The minimum atomic E-state index is 0. The minimum Gasteiger partial charge on any atom is -0.334 e. The number of benzene rings is 1. The van der Waals surface area contributed by atoms with Gasteiger partial charge < -0.3 is 10.6 Å². The maximum Gasteiger partial charge on any atom is 0.254 e. The van der Waals surface area contributed by atoms with E-state index in [9.17, 15) is 4.79 Å². The Hall–Kier alpha value is -1.85. The Morgan fingerprint density at radius 2 is 2.12 bits per heavy atom. The van der Waals surface area contributed by atoms with Crippen LogP contribution in [-0.4, -0.2) is 39.7 Å². The molecular formula is C18H25ClN4O. The van der Waals surface area contributed by atoms with E-state index in [2.05, 4.69) is 11.2 Å². The lowest BCUT2D eigenvalue weighted by molar-refractivity contribution is 0.0741. The molecule has 1 unspecified atom stereocenters. The molecule has 1 aromatic heterocycles. The number of carbonyl (C=O) groups is 1. The molecule has 2 aromatic rings. The highest BCUT2D eigenvalue weighted by molar-refractivity contribution is 5.94. The molecule has 1 aliphatic rings. The number of likely N-dealkylation sites (tertiary alicyclic amines) is 1. The predicted molar refractivity (Wildman–Crippen MR) is 97.6 cm³/mol. The molecule has 1 fully saturated rings. The van der Waals surface area contributed by atoms with Gasteiger partial charge in [0.05, 0.1) is 12.2 Å². The van der Waals surface area contributed by atoms with Crippen molar-refractivity contribution < 1.29 is 4.79 Å². The van der Waals surface area contributed by atoms with Gasteiger partial charge in [0.15, 0.2) is 0 Å². The maximum absolute atomic E-state index is 12.7. The van der Waals surface area contributed by atoms with E-state index in [0.29, 0.717) is 13.1 Å². The zero-order valence-corrected chi connectivity index (χ0v) is 15.1. The number of halogens is 1. The van der Waals surface area contributed by atoms with Crippen molar-refractivity contribution in [3.05, 3.63) is 52.8 Å². The molecule has 2 heterocycles. The predicted octanol–water partition coefficient (Wildman–Crippen LogP) is 2.53. The van der Waals surface area contributed by atoms with E-state index >= 15 is 0 Å². The van der Waals surface area contributed by atoms with Gasteiger partial charge in [-0.15, -0.1) is 12.4 Å². The zero-order valence-electron chi connectivity index (χ0n) is 14.2. The standard InChI is InChI=1S/C18H24N4O.ClH/c1-13-9-14(2)22(20-13)12-15-5-3-6-16(10-15)18(23)21-8-4-7-17(21)11-19;/h3,5-6,9-10,17H,4,7-8,11-12,19H2,1-2H3;1H. The van der Waals surface area contributed by atoms with E-state index in [1.165, 1.54) is 0 Å². The molecule has 0 saturated carbocycles. The quantitative estimate of drug-likeness (QED) is 0.923. The summed E-state index contributed by atoms with van der Waals surface area (Å²) in [5.74, 6) is 0.0909. The van der Waals surface area contributed by atoms with Gasteiger partial charge in [-0.25, -0.2) is 0 Å². The number of nitrogens with two attached hydrogens (primary N) is 1. The zero-order chi connectivity index (χ0) is 16.4. The molecule has 1 atom stereocenters. The van der Waals surface area contributed by atoms with Gasteiger partial charge in [0, 0.05) is 30.4 Å². The summed E-state index contributed by atoms with van der Waals surface area (Å²) in [6.07, 6.45) is 2.05. The average molecular weight is 349 g/mol. The van der Waals surface area contributed by atoms with E-state index in [-0.39, 0.29) is 24.4 Å². The summed E-state index contributed by atoms with van der Waals surface area (Å²) >= 11 is 0. The molecule has 1 amide bonds. The van der Waals surface area contributed by atoms with Crippen LogP contribution >= 0.6 is 12.4 Å². The monoisotopic (exact) mass is 348 g/mol. The molecular weight excluding hydrogens is 324 g/mol. The number of nitrogens with zero attached hydrogens (tertiary/aromatic N) is 3. The number of amides is 1. The van der Waals surface area contributed by atoms with Gasteiger partial charge in [-0.1, -0.05) is 12.1 Å². The molecule has 1 saturated heterocycles. The smallest absolute Gasteiger partial charge is 0.254 e. The van der Waals surface area contributed by atoms with Crippen LogP contribution in [0.5, 0.6) is 0 Å². The second-order valence-electron chi connectivity index (χ2n) is 6.32. The molecule has 6 heteroatoms. The minimum absolute atomic E-state index is 0. The van der Waals surface area contributed by atoms with Gasteiger partial charge in [0.1, 0.15) is 0 Å². The van der Waals surface area contributed by atoms with E-state index < -0.39 is 0 Å². The van der Waals surface area contributed by atoms with Gasteiger partial charge in [-0.2, -0.15) is 5.10 Å². The molecule has 24 heavy (non-hydrogen) atoms. The summed E-state index contributed by atoms with van der Waals surface area (Å²) in [5.41, 5.74) is 9.75. The molecule has 5 nitrogen and oxygen atoms in total. The molecule has 0 radical (unpaired) electrons. The van der Waals surface area contributed by atoms with Gasteiger partial charge in [-0.05, 0) is 50.5 Å². The van der Waals surface area contributed by atoms with Crippen molar-refractivity contribution in [2.75, 3.05) is 13.1 Å². The summed E-state index contributed by atoms with van der Waals surface area (Å²) in [4.78, 5) is 14.7. The van der Waals surface area contributed by atoms with Gasteiger partial charge in [0.2, 0.25) is 0 Å². The lowest BCUT2D eigenvalue weighted by atomic mass is 10.1. The van der Waals surface area contributed by atoms with E-state index in [4.69, 9.17) is 5.73 Å². The summed E-state index contributed by atoms with van der Waals surface area (Å²) < 4.78 is 1.97. The van der Waals surface area contributed by atoms with Crippen molar-refractivity contribution >= 4 is 18.3 Å². The van der Waals surface area contributed by atoms with Gasteiger partial charge in [0.25, 0.3) is 5.91 Å². The van der Waals surface area contributed by atoms with Crippen LogP contribution in [0.3, 0.4) is 0 Å². The van der Waals surface area contributed by atoms with Crippen LogP contribution in [-0.2, 0) is 6.54 Å². The lowest BCUT2D eigenvalue weighted by Gasteiger charge is -2.23. The number of aryl methyl sites for hydroxylation is 2. The molecule has 1 aromatic carbocycles. The van der Waals surface area contributed by atoms with Crippen molar-refractivity contribution in [1.82, 2.24) is 14.7 Å². The lowest BCUT2D eigenvalue weighted by Crippen LogP contribution is -2.39. The van der Waals surface area contributed by atoms with Crippen LogP contribution < -0.4 is 5.73 Å². The average Bonchev–Trinajstić information content (AvgIpc) is 3.13. The van der Waals surface area contributed by atoms with Crippen LogP contribution in [0.1, 0.15) is 40.2 Å². The highest BCUT2D eigenvalue weighted by Gasteiger charge is 2.28. The Morgan fingerprint density at radius 1 is 1.33 bits per heavy atom. The third kappa shape index (κ3) is 3.79. The van der Waals surface area contributed by atoms with Gasteiger partial charge in [-0.3, -0.25) is 9.48 Å². The van der Waals surface area contributed by atoms with Crippen molar-refractivity contribution in [3.63, 3.8) is 0 Å². The Morgan fingerprint density at radius 3 is 2.79 bits per heavy atom. The number of aromatic nitrogens is 2. The Bertz CT molecular complexity index is 713. The first-order valence-corrected chi connectivity index (χ1v) is 8.19. The number of rotatable bonds is 4. The summed E-state index contributed by atoms with van der Waals surface area (Å²) in [7, 11) is 0. The first kappa shape index (κ1) is 18.5. The molecule has 0 aliphatic carbocycles. The Kier molecular flexibility index (Phi) is 6.02. The van der Waals surface area contributed by atoms with Crippen molar-refractivity contribution in [3.8, 4) is 0 Å². The van der Waals surface area contributed by atoms with Crippen molar-refractivity contribution in [2.24, 2.45) is 5.73 Å². The van der Waals surface area contributed by atoms with E-state index in [1.54, 1.807) is 0 Å². The van der Waals surface area contributed by atoms with Crippen LogP contribution in [0.25, 0.3) is 0 Å². The Labute approximate surface area is 149 Å². The SMILES string of the molecule is Cc1cc(C)n(Cc2cccc(C(=O)N3CCCC3CN)c2)n1.Cl. The van der Waals surface area contributed by atoms with Crippen LogP contribution in [0.15, 0.2) is 30.3 Å². The molecule has 2 N–H and O–H groups in total. The second kappa shape index (κ2) is 7.81. The molecule has 1 aliphatic heterocycles. The van der Waals surface area contributed by atoms with Gasteiger partial charge >= 0.3 is 0 Å². The highest BCUT2D eigenvalue weighted by atomic mass is 35.5. The summed E-state index contributed by atoms with van der Waals surface area (Å²) in [5, 5.41) is 4.49. The first-order valence-electron chi connectivity index (χ1n) is 8.19. The van der Waals surface area contributed by atoms with E-state index in [0.717, 1.165) is 41.9 Å². The summed E-state index contributed by atoms with van der Waals surface area (Å²) in [6.45, 7) is 6.07. The number of hydrogen-bond acceptors (Lipinski definition) is 3. The normalized spacial score (nSPS) is 17.0.